The van der Waals surface area contributed by atoms with Crippen LogP contribution in [0.15, 0.2) is 36.5 Å². The van der Waals surface area contributed by atoms with Crippen molar-refractivity contribution >= 4 is 5.69 Å². The van der Waals surface area contributed by atoms with E-state index in [-0.39, 0.29) is 18.5 Å². The van der Waals surface area contributed by atoms with Crippen molar-refractivity contribution in [2.24, 2.45) is 0 Å². The van der Waals surface area contributed by atoms with E-state index < -0.39 is 0 Å². The molecule has 1 atom stereocenters. The first-order chi connectivity index (χ1) is 10.2. The van der Waals surface area contributed by atoms with E-state index in [1.807, 2.05) is 19.1 Å². The molecule has 1 aromatic heterocycles. The molecule has 0 aliphatic heterocycles. The molecule has 0 aliphatic rings. The number of ether oxygens (including phenoxy) is 1. The van der Waals surface area contributed by atoms with Crippen LogP contribution in [-0.4, -0.2) is 17.2 Å². The Morgan fingerprint density at radius 1 is 1.33 bits per heavy atom. The maximum Gasteiger partial charge on any atom is 0.141 e. The van der Waals surface area contributed by atoms with Crippen LogP contribution < -0.4 is 10.1 Å². The molecule has 0 amide bonds. The van der Waals surface area contributed by atoms with E-state index in [1.54, 1.807) is 19.2 Å². The van der Waals surface area contributed by atoms with Gasteiger partial charge in [-0.2, -0.15) is 0 Å². The molecule has 1 heterocycles. The largest absolute Gasteiger partial charge is 0.496 e. The molecule has 0 saturated heterocycles. The quantitative estimate of drug-likeness (QED) is 0.857. The number of aliphatic hydroxyl groups excluding tert-OH is 1. The van der Waals surface area contributed by atoms with Crippen molar-refractivity contribution in [3.63, 3.8) is 0 Å². The van der Waals surface area contributed by atoms with Crippen molar-refractivity contribution in [2.45, 2.75) is 26.0 Å². The number of hydrogen-bond acceptors (Lipinski definition) is 4. The maximum absolute atomic E-state index is 12.9. The fraction of sp³-hybridized carbons (Fsp3) is 0.312. The second-order valence-electron chi connectivity index (χ2n) is 4.69. The number of methoxy groups -OCH3 is 1. The van der Waals surface area contributed by atoms with Gasteiger partial charge in [0.05, 0.1) is 31.6 Å². The molecule has 0 fully saturated rings. The Labute approximate surface area is 123 Å². The zero-order valence-corrected chi connectivity index (χ0v) is 12.1. The molecule has 2 aromatic rings. The normalized spacial score (nSPS) is 12.0. The van der Waals surface area contributed by atoms with Gasteiger partial charge in [0.1, 0.15) is 11.6 Å². The van der Waals surface area contributed by atoms with Gasteiger partial charge in [-0.15, -0.1) is 0 Å². The highest BCUT2D eigenvalue weighted by Crippen LogP contribution is 2.26. The predicted octanol–water partition coefficient (Wildman–Crippen LogP) is 3.28. The number of rotatable bonds is 6. The summed E-state index contributed by atoms with van der Waals surface area (Å²) in [4.78, 5) is 4.11. The second-order valence-corrected chi connectivity index (χ2v) is 4.69. The minimum absolute atomic E-state index is 0.0227. The fourth-order valence-corrected chi connectivity index (χ4v) is 2.17. The van der Waals surface area contributed by atoms with E-state index in [9.17, 15) is 9.50 Å². The van der Waals surface area contributed by atoms with Crippen LogP contribution in [0.25, 0.3) is 0 Å². The zero-order chi connectivity index (χ0) is 15.2. The summed E-state index contributed by atoms with van der Waals surface area (Å²) in [5, 5.41) is 12.7. The third-order valence-corrected chi connectivity index (χ3v) is 3.31. The van der Waals surface area contributed by atoms with Gasteiger partial charge in [0, 0.05) is 11.3 Å². The van der Waals surface area contributed by atoms with Crippen LogP contribution in [0.4, 0.5) is 10.1 Å². The standard InChI is InChI=1S/C16H19FN2O2/c1-3-14(15-6-4-12(17)9-18-15)19-13-5-7-16(21-2)11(8-13)10-20/h4-9,14,19-20H,3,10H2,1-2H3. The Bertz CT molecular complexity index is 587. The zero-order valence-electron chi connectivity index (χ0n) is 12.1. The molecule has 1 unspecified atom stereocenters. The van der Waals surface area contributed by atoms with E-state index in [1.165, 1.54) is 12.3 Å². The number of aromatic nitrogens is 1. The van der Waals surface area contributed by atoms with Crippen LogP contribution in [0.2, 0.25) is 0 Å². The average molecular weight is 290 g/mol. The number of nitrogens with one attached hydrogen (secondary N) is 1. The molecule has 0 bridgehead atoms. The third-order valence-electron chi connectivity index (χ3n) is 3.31. The first-order valence-electron chi connectivity index (χ1n) is 6.83. The van der Waals surface area contributed by atoms with Gasteiger partial charge in [0.2, 0.25) is 0 Å². The van der Waals surface area contributed by atoms with Crippen LogP contribution >= 0.6 is 0 Å². The first-order valence-corrected chi connectivity index (χ1v) is 6.83. The first kappa shape index (κ1) is 15.3. The van der Waals surface area contributed by atoms with Crippen molar-refractivity contribution in [2.75, 3.05) is 12.4 Å². The van der Waals surface area contributed by atoms with Crippen LogP contribution in [0, 0.1) is 5.82 Å². The van der Waals surface area contributed by atoms with Crippen LogP contribution in [0.1, 0.15) is 30.6 Å². The molecular weight excluding hydrogens is 271 g/mol. The summed E-state index contributed by atoms with van der Waals surface area (Å²) in [6, 6.07) is 8.58. The average Bonchev–Trinajstić information content (AvgIpc) is 2.53. The number of anilines is 1. The van der Waals surface area contributed by atoms with Crippen molar-refractivity contribution in [1.29, 1.82) is 0 Å². The summed E-state index contributed by atoms with van der Waals surface area (Å²) >= 11 is 0. The second kappa shape index (κ2) is 7.04. The van der Waals surface area contributed by atoms with Gasteiger partial charge in [-0.25, -0.2) is 4.39 Å². The lowest BCUT2D eigenvalue weighted by Gasteiger charge is -2.19. The van der Waals surface area contributed by atoms with Gasteiger partial charge < -0.3 is 15.2 Å². The molecule has 112 valence electrons. The summed E-state index contributed by atoms with van der Waals surface area (Å²) in [7, 11) is 1.57. The highest BCUT2D eigenvalue weighted by Gasteiger charge is 2.12. The molecule has 2 N–H and O–H groups in total. The summed E-state index contributed by atoms with van der Waals surface area (Å²) in [6.45, 7) is 1.93. The third kappa shape index (κ3) is 3.70. The Morgan fingerprint density at radius 2 is 2.14 bits per heavy atom. The van der Waals surface area contributed by atoms with E-state index >= 15 is 0 Å². The topological polar surface area (TPSA) is 54.4 Å². The monoisotopic (exact) mass is 290 g/mol. The lowest BCUT2D eigenvalue weighted by molar-refractivity contribution is 0.274. The lowest BCUT2D eigenvalue weighted by Crippen LogP contribution is -2.11. The Kier molecular flexibility index (Phi) is 5.11. The van der Waals surface area contributed by atoms with E-state index in [2.05, 4.69) is 10.3 Å². The van der Waals surface area contributed by atoms with Crippen LogP contribution in [-0.2, 0) is 6.61 Å². The number of aliphatic hydroxyl groups is 1. The molecule has 0 radical (unpaired) electrons. The molecule has 21 heavy (non-hydrogen) atoms. The highest BCUT2D eigenvalue weighted by molar-refractivity contribution is 5.52. The Hall–Kier alpha value is -2.14. The summed E-state index contributed by atoms with van der Waals surface area (Å²) in [5.74, 6) is 0.302. The van der Waals surface area contributed by atoms with Gasteiger partial charge in [0.15, 0.2) is 0 Å². The van der Waals surface area contributed by atoms with Gasteiger partial charge in [-0.1, -0.05) is 6.92 Å². The molecule has 5 heteroatoms. The predicted molar refractivity (Wildman–Crippen MR) is 79.8 cm³/mol. The summed E-state index contributed by atoms with van der Waals surface area (Å²) < 4.78 is 18.1. The number of benzene rings is 1. The number of hydrogen-bond donors (Lipinski definition) is 2. The Morgan fingerprint density at radius 3 is 2.71 bits per heavy atom. The molecular formula is C16H19FN2O2. The smallest absolute Gasteiger partial charge is 0.141 e. The van der Waals surface area contributed by atoms with E-state index in [4.69, 9.17) is 4.74 Å². The van der Waals surface area contributed by atoms with Gasteiger partial charge >= 0.3 is 0 Å². The fourth-order valence-electron chi connectivity index (χ4n) is 2.17. The minimum Gasteiger partial charge on any atom is -0.496 e. The van der Waals surface area contributed by atoms with Crippen molar-refractivity contribution in [1.82, 2.24) is 4.98 Å². The van der Waals surface area contributed by atoms with Gasteiger partial charge in [-0.05, 0) is 36.8 Å². The van der Waals surface area contributed by atoms with E-state index in [0.29, 0.717) is 11.3 Å². The Balaban J connectivity index is 2.20. The maximum atomic E-state index is 12.9. The molecule has 0 spiro atoms. The number of nitrogens with zero attached hydrogens (tertiary/aromatic N) is 1. The molecule has 0 aliphatic carbocycles. The molecule has 4 nitrogen and oxygen atoms in total. The molecule has 1 aromatic carbocycles. The van der Waals surface area contributed by atoms with Gasteiger partial charge in [0.25, 0.3) is 0 Å². The van der Waals surface area contributed by atoms with Crippen molar-refractivity contribution in [3.8, 4) is 5.75 Å². The minimum atomic E-state index is -0.347. The van der Waals surface area contributed by atoms with Gasteiger partial charge in [-0.3, -0.25) is 4.98 Å². The highest BCUT2D eigenvalue weighted by atomic mass is 19.1. The molecule has 0 saturated carbocycles. The SMILES string of the molecule is CCC(Nc1ccc(OC)c(CO)c1)c1ccc(F)cn1. The van der Waals surface area contributed by atoms with Crippen molar-refractivity contribution in [3.05, 3.63) is 53.6 Å². The number of pyridine rings is 1. The summed E-state index contributed by atoms with van der Waals surface area (Å²) in [5.41, 5.74) is 2.35. The summed E-state index contributed by atoms with van der Waals surface area (Å²) in [6.07, 6.45) is 2.02. The van der Waals surface area contributed by atoms with Crippen LogP contribution in [0.5, 0.6) is 5.75 Å². The lowest BCUT2D eigenvalue weighted by atomic mass is 10.1. The van der Waals surface area contributed by atoms with E-state index in [0.717, 1.165) is 17.8 Å². The molecule has 2 rings (SSSR count). The van der Waals surface area contributed by atoms with Crippen molar-refractivity contribution < 1.29 is 14.2 Å². The number of halogens is 1. The van der Waals surface area contributed by atoms with Crippen LogP contribution in [0.3, 0.4) is 0 Å².